The van der Waals surface area contributed by atoms with Gasteiger partial charge in [-0.3, -0.25) is 14.8 Å². The average Bonchev–Trinajstić information content (AvgIpc) is 3.37. The van der Waals surface area contributed by atoms with E-state index in [1.54, 1.807) is 18.5 Å². The molecule has 3 N–H and O–H groups in total. The van der Waals surface area contributed by atoms with E-state index in [4.69, 9.17) is 0 Å². The van der Waals surface area contributed by atoms with Crippen LogP contribution in [0.2, 0.25) is 0 Å². The number of nitrogens with one attached hydrogen (secondary N) is 3. The highest BCUT2D eigenvalue weighted by Gasteiger charge is 2.34. The second kappa shape index (κ2) is 10.7. The minimum Gasteiger partial charge on any atom is -0.326 e. The molecule has 0 spiro atoms. The highest BCUT2D eigenvalue weighted by molar-refractivity contribution is 5.91. The molecular formula is C27H27F3N6O. The monoisotopic (exact) mass is 508 g/mol. The maximum atomic E-state index is 13.8. The van der Waals surface area contributed by atoms with Crippen LogP contribution in [0.1, 0.15) is 23.1 Å². The molecule has 1 saturated heterocycles. The third-order valence-corrected chi connectivity index (χ3v) is 6.52. The molecule has 2 aromatic carbocycles. The summed E-state index contributed by atoms with van der Waals surface area (Å²) in [6.07, 6.45) is -0.378. The zero-order valence-electron chi connectivity index (χ0n) is 20.1. The summed E-state index contributed by atoms with van der Waals surface area (Å²) in [5, 5.41) is 13.5. The first-order valence-corrected chi connectivity index (χ1v) is 12.2. The maximum Gasteiger partial charge on any atom is 0.416 e. The van der Waals surface area contributed by atoms with Crippen LogP contribution in [-0.2, 0) is 23.9 Å². The van der Waals surface area contributed by atoms with Gasteiger partial charge in [0.05, 0.1) is 11.8 Å². The van der Waals surface area contributed by atoms with E-state index in [1.807, 2.05) is 35.2 Å². The molecule has 1 fully saturated rings. The van der Waals surface area contributed by atoms with Gasteiger partial charge < -0.3 is 10.6 Å². The third kappa shape index (κ3) is 6.15. The molecule has 1 aliphatic rings. The van der Waals surface area contributed by atoms with Crippen LogP contribution in [0, 0.1) is 0 Å². The van der Waals surface area contributed by atoms with Crippen molar-refractivity contribution in [2.45, 2.75) is 25.6 Å². The van der Waals surface area contributed by atoms with Crippen molar-refractivity contribution in [2.75, 3.05) is 31.5 Å². The topological polar surface area (TPSA) is 85.9 Å². The fourth-order valence-electron chi connectivity index (χ4n) is 4.51. The maximum absolute atomic E-state index is 13.8. The van der Waals surface area contributed by atoms with Crippen molar-refractivity contribution >= 4 is 22.6 Å². The summed E-state index contributed by atoms with van der Waals surface area (Å²) in [4.78, 5) is 18.9. The van der Waals surface area contributed by atoms with Gasteiger partial charge in [-0.1, -0.05) is 30.3 Å². The number of hydrogen-bond donors (Lipinski definition) is 3. The number of amides is 1. The molecule has 37 heavy (non-hydrogen) atoms. The first-order chi connectivity index (χ1) is 17.8. The highest BCUT2D eigenvalue weighted by atomic mass is 19.4. The van der Waals surface area contributed by atoms with E-state index < -0.39 is 11.7 Å². The van der Waals surface area contributed by atoms with Crippen LogP contribution in [0.4, 0.5) is 18.9 Å². The number of pyridine rings is 1. The lowest BCUT2D eigenvalue weighted by Gasteiger charge is -2.28. The van der Waals surface area contributed by atoms with E-state index in [2.05, 4.69) is 25.8 Å². The molecule has 3 heterocycles. The molecular weight excluding hydrogens is 481 g/mol. The van der Waals surface area contributed by atoms with Gasteiger partial charge in [0, 0.05) is 62.0 Å². The number of H-pyrrole nitrogens is 1. The molecule has 2 aromatic heterocycles. The van der Waals surface area contributed by atoms with Gasteiger partial charge in [-0.05, 0) is 41.3 Å². The average molecular weight is 509 g/mol. The van der Waals surface area contributed by atoms with Crippen molar-refractivity contribution in [1.82, 2.24) is 25.4 Å². The van der Waals surface area contributed by atoms with Gasteiger partial charge in [-0.2, -0.15) is 18.3 Å². The minimum atomic E-state index is -4.50. The van der Waals surface area contributed by atoms with Crippen LogP contribution in [0.5, 0.6) is 0 Å². The molecule has 192 valence electrons. The predicted octanol–water partition coefficient (Wildman–Crippen LogP) is 4.62. The van der Waals surface area contributed by atoms with E-state index in [1.165, 1.54) is 6.07 Å². The third-order valence-electron chi connectivity index (χ3n) is 6.52. The Kier molecular flexibility index (Phi) is 7.20. The second-order valence-electron chi connectivity index (χ2n) is 9.17. The first-order valence-electron chi connectivity index (χ1n) is 12.2. The van der Waals surface area contributed by atoms with Crippen molar-refractivity contribution in [2.24, 2.45) is 0 Å². The standard InChI is InChI=1S/C27H27F3N6O/c28-27(29,30)24-14-23(7-6-20(24)17-36-11-9-31-10-12-36)34-25(37)8-3-18-1-4-19(5-2-18)21-13-22-16-33-35-26(22)32-15-21/h1-2,4-7,13-16,31H,3,8-12,17H2,(H,34,37)(H,32,33,35). The summed E-state index contributed by atoms with van der Waals surface area (Å²) in [7, 11) is 0. The van der Waals surface area contributed by atoms with E-state index in [0.717, 1.165) is 46.9 Å². The fourth-order valence-corrected chi connectivity index (χ4v) is 4.51. The van der Waals surface area contributed by atoms with Crippen molar-refractivity contribution in [3.63, 3.8) is 0 Å². The molecule has 0 radical (unpaired) electrons. The minimum absolute atomic E-state index is 0.152. The van der Waals surface area contributed by atoms with E-state index in [9.17, 15) is 18.0 Å². The van der Waals surface area contributed by atoms with Gasteiger partial charge in [0.25, 0.3) is 0 Å². The molecule has 0 atom stereocenters. The summed E-state index contributed by atoms with van der Waals surface area (Å²) in [5.74, 6) is -0.332. The molecule has 1 aliphatic heterocycles. The number of aromatic amines is 1. The largest absolute Gasteiger partial charge is 0.416 e. The molecule has 1 amide bonds. The van der Waals surface area contributed by atoms with Crippen molar-refractivity contribution in [3.05, 3.63) is 77.6 Å². The summed E-state index contributed by atoms with van der Waals surface area (Å²) < 4.78 is 41.3. The molecule has 4 aromatic rings. The number of aryl methyl sites for hydroxylation is 1. The Morgan fingerprint density at radius 1 is 1.00 bits per heavy atom. The van der Waals surface area contributed by atoms with Crippen LogP contribution in [0.15, 0.2) is 60.9 Å². The lowest BCUT2D eigenvalue weighted by Crippen LogP contribution is -2.43. The number of carbonyl (C=O) groups is 1. The van der Waals surface area contributed by atoms with Crippen molar-refractivity contribution in [1.29, 1.82) is 0 Å². The Labute approximate surface area is 212 Å². The second-order valence-corrected chi connectivity index (χ2v) is 9.17. The normalized spacial score (nSPS) is 14.7. The number of benzene rings is 2. The van der Waals surface area contributed by atoms with Gasteiger partial charge in [0.2, 0.25) is 5.91 Å². The number of nitrogens with zero attached hydrogens (tertiary/aromatic N) is 3. The summed E-state index contributed by atoms with van der Waals surface area (Å²) in [5.41, 5.74) is 3.29. The number of carbonyl (C=O) groups excluding carboxylic acids is 1. The lowest BCUT2D eigenvalue weighted by atomic mass is 10.0. The lowest BCUT2D eigenvalue weighted by molar-refractivity contribution is -0.138. The number of hydrogen-bond acceptors (Lipinski definition) is 5. The Morgan fingerprint density at radius 3 is 2.54 bits per heavy atom. The summed E-state index contributed by atoms with van der Waals surface area (Å²) >= 11 is 0. The van der Waals surface area contributed by atoms with Gasteiger partial charge in [0.1, 0.15) is 0 Å². The summed E-state index contributed by atoms with van der Waals surface area (Å²) in [6, 6.07) is 13.8. The van der Waals surface area contributed by atoms with Crippen LogP contribution in [0.25, 0.3) is 22.2 Å². The fraction of sp³-hybridized carbons (Fsp3) is 0.296. The van der Waals surface area contributed by atoms with Crippen LogP contribution in [0.3, 0.4) is 0 Å². The van der Waals surface area contributed by atoms with Gasteiger partial charge in [0.15, 0.2) is 5.65 Å². The number of piperazine rings is 1. The molecule has 0 bridgehead atoms. The SMILES string of the molecule is O=C(CCc1ccc(-c2cnc3[nH]ncc3c2)cc1)Nc1ccc(CN2CCNCC2)c(C(F)(F)F)c1. The molecule has 0 saturated carbocycles. The zero-order chi connectivity index (χ0) is 25.8. The van der Waals surface area contributed by atoms with E-state index >= 15 is 0 Å². The number of rotatable bonds is 7. The highest BCUT2D eigenvalue weighted by Crippen LogP contribution is 2.34. The molecule has 7 nitrogen and oxygen atoms in total. The number of fused-ring (bicyclic) bond motifs is 1. The predicted molar refractivity (Wildman–Crippen MR) is 136 cm³/mol. The van der Waals surface area contributed by atoms with Crippen LogP contribution >= 0.6 is 0 Å². The Hall–Kier alpha value is -3.76. The van der Waals surface area contributed by atoms with Gasteiger partial charge in [-0.15, -0.1) is 0 Å². The molecule has 0 aliphatic carbocycles. The molecule has 5 rings (SSSR count). The quantitative estimate of drug-likeness (QED) is 0.339. The Balaban J connectivity index is 1.20. The zero-order valence-corrected chi connectivity index (χ0v) is 20.1. The number of halogens is 3. The van der Waals surface area contributed by atoms with Crippen molar-refractivity contribution in [3.8, 4) is 11.1 Å². The van der Waals surface area contributed by atoms with Crippen LogP contribution in [-0.4, -0.2) is 52.2 Å². The number of aromatic nitrogens is 3. The molecule has 0 unspecified atom stereocenters. The molecule has 10 heteroatoms. The first kappa shape index (κ1) is 24.9. The van der Waals surface area contributed by atoms with Gasteiger partial charge >= 0.3 is 6.18 Å². The van der Waals surface area contributed by atoms with E-state index in [-0.39, 0.29) is 30.1 Å². The smallest absolute Gasteiger partial charge is 0.326 e. The van der Waals surface area contributed by atoms with Crippen molar-refractivity contribution < 1.29 is 18.0 Å². The Bertz CT molecular complexity index is 1380. The van der Waals surface area contributed by atoms with E-state index in [0.29, 0.717) is 19.5 Å². The van der Waals surface area contributed by atoms with Gasteiger partial charge in [-0.25, -0.2) is 4.98 Å². The van der Waals surface area contributed by atoms with Crippen LogP contribution < -0.4 is 10.6 Å². The number of alkyl halides is 3. The summed E-state index contributed by atoms with van der Waals surface area (Å²) in [6.45, 7) is 3.15. The number of anilines is 1. The Morgan fingerprint density at radius 2 is 1.78 bits per heavy atom.